The number of rotatable bonds is 4. The molecule has 136 valence electrons. The van der Waals surface area contributed by atoms with Gasteiger partial charge in [-0.1, -0.05) is 30.3 Å². The van der Waals surface area contributed by atoms with Gasteiger partial charge in [0, 0.05) is 13.1 Å². The Balaban J connectivity index is 1.68. The molecule has 3 rings (SSSR count). The van der Waals surface area contributed by atoms with Gasteiger partial charge in [0.2, 0.25) is 0 Å². The van der Waals surface area contributed by atoms with Gasteiger partial charge in [0.05, 0.1) is 16.6 Å². The van der Waals surface area contributed by atoms with E-state index in [-0.39, 0.29) is 11.3 Å². The summed E-state index contributed by atoms with van der Waals surface area (Å²) in [7, 11) is 0. The van der Waals surface area contributed by atoms with Crippen LogP contribution in [0.3, 0.4) is 0 Å². The second-order valence-corrected chi connectivity index (χ2v) is 6.57. The van der Waals surface area contributed by atoms with E-state index in [0.717, 1.165) is 31.4 Å². The second kappa shape index (κ2) is 7.51. The number of nitro groups is 1. The van der Waals surface area contributed by atoms with E-state index in [1.54, 1.807) is 4.90 Å². The van der Waals surface area contributed by atoms with Crippen LogP contribution in [-0.4, -0.2) is 28.8 Å². The normalized spacial score (nSPS) is 15.0. The molecule has 0 bridgehead atoms. The van der Waals surface area contributed by atoms with Crippen molar-refractivity contribution in [2.75, 3.05) is 18.8 Å². The van der Waals surface area contributed by atoms with Gasteiger partial charge in [0.1, 0.15) is 11.5 Å². The predicted octanol–water partition coefficient (Wildman–Crippen LogP) is 3.41. The zero-order chi connectivity index (χ0) is 18.7. The molecule has 0 atom stereocenters. The summed E-state index contributed by atoms with van der Waals surface area (Å²) in [6.07, 6.45) is 2.62. The predicted molar refractivity (Wildman–Crippen MR) is 96.2 cm³/mol. The summed E-state index contributed by atoms with van der Waals surface area (Å²) in [6.45, 7) is 1.06. The molecule has 26 heavy (non-hydrogen) atoms. The number of anilines is 1. The summed E-state index contributed by atoms with van der Waals surface area (Å²) in [4.78, 5) is 24.5. The van der Waals surface area contributed by atoms with Crippen LogP contribution < -0.4 is 5.73 Å². The maximum atomic E-state index is 13.7. The molecule has 2 N–H and O–H groups in total. The molecule has 1 fully saturated rings. The summed E-state index contributed by atoms with van der Waals surface area (Å²) in [5.41, 5.74) is 6.00. The van der Waals surface area contributed by atoms with Gasteiger partial charge in [-0.15, -0.1) is 0 Å². The molecule has 2 aromatic rings. The number of nitrogen functional groups attached to an aromatic ring is 1. The number of halogens is 1. The van der Waals surface area contributed by atoms with Crippen LogP contribution in [0, 0.1) is 21.8 Å². The summed E-state index contributed by atoms with van der Waals surface area (Å²) in [5.74, 6) is -0.822. The highest BCUT2D eigenvalue weighted by Crippen LogP contribution is 2.29. The van der Waals surface area contributed by atoms with Crippen molar-refractivity contribution in [1.82, 2.24) is 4.90 Å². The van der Waals surface area contributed by atoms with Crippen molar-refractivity contribution in [2.24, 2.45) is 5.92 Å². The highest BCUT2D eigenvalue weighted by Gasteiger charge is 2.28. The summed E-state index contributed by atoms with van der Waals surface area (Å²) in [5, 5.41) is 11.0. The second-order valence-electron chi connectivity index (χ2n) is 6.57. The number of hydrogen-bond acceptors (Lipinski definition) is 4. The first-order chi connectivity index (χ1) is 12.5. The molecule has 1 aliphatic heterocycles. The third-order valence-electron chi connectivity index (χ3n) is 4.82. The Hall–Kier alpha value is -2.96. The first-order valence-corrected chi connectivity index (χ1v) is 8.52. The van der Waals surface area contributed by atoms with E-state index in [4.69, 9.17) is 5.73 Å². The van der Waals surface area contributed by atoms with Gasteiger partial charge in [-0.05, 0) is 36.8 Å². The number of benzene rings is 2. The third-order valence-corrected chi connectivity index (χ3v) is 4.82. The zero-order valence-corrected chi connectivity index (χ0v) is 14.2. The minimum atomic E-state index is -0.840. The van der Waals surface area contributed by atoms with Crippen molar-refractivity contribution in [1.29, 1.82) is 0 Å². The maximum absolute atomic E-state index is 13.7. The molecule has 7 heteroatoms. The van der Waals surface area contributed by atoms with Crippen molar-refractivity contribution in [3.05, 3.63) is 69.5 Å². The Bertz CT molecular complexity index is 818. The standard InChI is InChI=1S/C19H20FN3O3/c20-15-11-16(18(21)17(12-15)23(25)26)19(24)22-8-6-14(7-9-22)10-13-4-2-1-3-5-13/h1-5,11-12,14H,6-10,21H2. The van der Waals surface area contributed by atoms with Gasteiger partial charge in [-0.25, -0.2) is 4.39 Å². The number of nitro benzene ring substituents is 1. The lowest BCUT2D eigenvalue weighted by Crippen LogP contribution is -2.39. The molecule has 6 nitrogen and oxygen atoms in total. The van der Waals surface area contributed by atoms with Crippen molar-refractivity contribution >= 4 is 17.3 Å². The van der Waals surface area contributed by atoms with E-state index >= 15 is 0 Å². The van der Waals surface area contributed by atoms with E-state index < -0.39 is 22.3 Å². The third kappa shape index (κ3) is 3.82. The SMILES string of the molecule is Nc1c(C(=O)N2CCC(Cc3ccccc3)CC2)cc(F)cc1[N+](=O)[O-]. The van der Waals surface area contributed by atoms with Crippen LogP contribution in [0.5, 0.6) is 0 Å². The van der Waals surface area contributed by atoms with E-state index in [1.165, 1.54) is 5.56 Å². The van der Waals surface area contributed by atoms with E-state index in [1.807, 2.05) is 18.2 Å². The van der Waals surface area contributed by atoms with Crippen LogP contribution in [0.1, 0.15) is 28.8 Å². The highest BCUT2D eigenvalue weighted by molar-refractivity contribution is 6.01. The van der Waals surface area contributed by atoms with E-state index in [0.29, 0.717) is 19.0 Å². The number of nitrogens with zero attached hydrogens (tertiary/aromatic N) is 2. The summed E-state index contributed by atoms with van der Waals surface area (Å²) in [6, 6.07) is 11.9. The van der Waals surface area contributed by atoms with Gasteiger partial charge in [-0.2, -0.15) is 0 Å². The largest absolute Gasteiger partial charge is 0.393 e. The Kier molecular flexibility index (Phi) is 5.16. The van der Waals surface area contributed by atoms with Crippen molar-refractivity contribution in [3.8, 4) is 0 Å². The summed E-state index contributed by atoms with van der Waals surface area (Å²) < 4.78 is 13.7. The molecule has 1 aliphatic rings. The van der Waals surface area contributed by atoms with E-state index in [9.17, 15) is 19.3 Å². The monoisotopic (exact) mass is 357 g/mol. The van der Waals surface area contributed by atoms with Crippen LogP contribution >= 0.6 is 0 Å². The molecule has 0 aliphatic carbocycles. The Morgan fingerprint density at radius 1 is 1.23 bits per heavy atom. The molecular formula is C19H20FN3O3. The number of amides is 1. The van der Waals surface area contributed by atoms with Crippen LogP contribution in [-0.2, 0) is 6.42 Å². The molecule has 1 amide bonds. The molecule has 0 spiro atoms. The van der Waals surface area contributed by atoms with Gasteiger partial charge in [0.25, 0.3) is 11.6 Å². The fourth-order valence-electron chi connectivity index (χ4n) is 3.39. The molecule has 0 radical (unpaired) electrons. The Morgan fingerprint density at radius 2 is 1.88 bits per heavy atom. The van der Waals surface area contributed by atoms with Crippen molar-refractivity contribution < 1.29 is 14.1 Å². The number of nitrogens with two attached hydrogens (primary N) is 1. The quantitative estimate of drug-likeness (QED) is 0.516. The maximum Gasteiger partial charge on any atom is 0.295 e. The number of piperidine rings is 1. The molecule has 2 aromatic carbocycles. The minimum Gasteiger partial charge on any atom is -0.393 e. The summed E-state index contributed by atoms with van der Waals surface area (Å²) >= 11 is 0. The van der Waals surface area contributed by atoms with Gasteiger partial charge >= 0.3 is 0 Å². The van der Waals surface area contributed by atoms with Crippen molar-refractivity contribution in [2.45, 2.75) is 19.3 Å². The Labute approximate surface area is 150 Å². The Morgan fingerprint density at radius 3 is 2.50 bits per heavy atom. The molecule has 0 saturated carbocycles. The molecule has 1 saturated heterocycles. The van der Waals surface area contributed by atoms with Crippen molar-refractivity contribution in [3.63, 3.8) is 0 Å². The lowest BCUT2D eigenvalue weighted by Gasteiger charge is -2.32. The number of carbonyl (C=O) groups is 1. The first kappa shape index (κ1) is 17.8. The zero-order valence-electron chi connectivity index (χ0n) is 14.2. The van der Waals surface area contributed by atoms with Gasteiger partial charge in [-0.3, -0.25) is 14.9 Å². The van der Waals surface area contributed by atoms with Gasteiger partial charge in [0.15, 0.2) is 0 Å². The molecule has 0 aromatic heterocycles. The number of likely N-dealkylation sites (tertiary alicyclic amines) is 1. The van der Waals surface area contributed by atoms with Crippen LogP contribution in [0.4, 0.5) is 15.8 Å². The fraction of sp³-hybridized carbons (Fsp3) is 0.316. The fourth-order valence-corrected chi connectivity index (χ4v) is 3.39. The first-order valence-electron chi connectivity index (χ1n) is 8.52. The average Bonchev–Trinajstić information content (AvgIpc) is 2.64. The molecule has 1 heterocycles. The van der Waals surface area contributed by atoms with Crippen LogP contribution in [0.25, 0.3) is 0 Å². The molecular weight excluding hydrogens is 337 g/mol. The average molecular weight is 357 g/mol. The van der Waals surface area contributed by atoms with Gasteiger partial charge < -0.3 is 10.6 Å². The van der Waals surface area contributed by atoms with E-state index in [2.05, 4.69) is 12.1 Å². The van der Waals surface area contributed by atoms with Crippen LogP contribution in [0.2, 0.25) is 0 Å². The lowest BCUT2D eigenvalue weighted by molar-refractivity contribution is -0.384. The smallest absolute Gasteiger partial charge is 0.295 e. The number of hydrogen-bond donors (Lipinski definition) is 1. The number of carbonyl (C=O) groups excluding carboxylic acids is 1. The van der Waals surface area contributed by atoms with Crippen LogP contribution in [0.15, 0.2) is 42.5 Å². The minimum absolute atomic E-state index is 0.141. The lowest BCUT2D eigenvalue weighted by atomic mass is 9.90. The molecule has 0 unspecified atom stereocenters. The topological polar surface area (TPSA) is 89.5 Å². The highest BCUT2D eigenvalue weighted by atomic mass is 19.1.